The van der Waals surface area contributed by atoms with E-state index < -0.39 is 11.2 Å². The van der Waals surface area contributed by atoms with Gasteiger partial charge in [0.1, 0.15) is 5.25 Å². The van der Waals surface area contributed by atoms with Crippen LogP contribution in [0.2, 0.25) is 0 Å². The molecule has 0 bridgehead atoms. The Hall–Kier alpha value is -1.79. The quantitative estimate of drug-likeness (QED) is 0.749. The molecule has 2 atom stereocenters. The van der Waals surface area contributed by atoms with Crippen LogP contribution in [-0.4, -0.2) is 28.3 Å². The van der Waals surface area contributed by atoms with E-state index in [1.165, 1.54) is 16.6 Å². The van der Waals surface area contributed by atoms with Crippen LogP contribution < -0.4 is 5.32 Å². The lowest BCUT2D eigenvalue weighted by Gasteiger charge is -2.15. The lowest BCUT2D eigenvalue weighted by molar-refractivity contribution is -0.136. The summed E-state index contributed by atoms with van der Waals surface area (Å²) in [6.07, 6.45) is 0.782. The largest absolute Gasteiger partial charge is 0.480 e. The Balaban J connectivity index is 2.05. The summed E-state index contributed by atoms with van der Waals surface area (Å²) in [6, 6.07) is 11.2. The number of carboxylic acids is 1. The molecule has 2 unspecified atom stereocenters. The molecule has 0 aliphatic heterocycles. The molecule has 2 aromatic rings. The van der Waals surface area contributed by atoms with Crippen molar-refractivity contribution in [3.63, 3.8) is 0 Å². The number of thiophene rings is 1. The van der Waals surface area contributed by atoms with Crippen LogP contribution >= 0.6 is 23.1 Å². The molecule has 122 valence electrons. The molecule has 1 amide bonds. The number of rotatable bonds is 7. The Bertz CT molecular complexity index is 670. The van der Waals surface area contributed by atoms with Crippen molar-refractivity contribution in [2.75, 3.05) is 0 Å². The summed E-state index contributed by atoms with van der Waals surface area (Å²) >= 11 is 2.85. The third-order valence-corrected chi connectivity index (χ3v) is 5.31. The number of carbonyl (C=O) groups is 2. The van der Waals surface area contributed by atoms with Crippen molar-refractivity contribution in [1.82, 2.24) is 5.32 Å². The zero-order chi connectivity index (χ0) is 16.8. The Labute approximate surface area is 143 Å². The number of thioether (sulfide) groups is 1. The highest BCUT2D eigenvalue weighted by molar-refractivity contribution is 8.00. The van der Waals surface area contributed by atoms with E-state index in [4.69, 9.17) is 5.11 Å². The normalized spacial score (nSPS) is 13.3. The predicted molar refractivity (Wildman–Crippen MR) is 94.3 cm³/mol. The fourth-order valence-electron chi connectivity index (χ4n) is 2.08. The molecular weight excluding hydrogens is 330 g/mol. The van der Waals surface area contributed by atoms with E-state index in [1.807, 2.05) is 30.5 Å². The molecule has 2 N–H and O–H groups in total. The van der Waals surface area contributed by atoms with Gasteiger partial charge in [0.2, 0.25) is 0 Å². The summed E-state index contributed by atoms with van der Waals surface area (Å²) in [7, 11) is 0. The van der Waals surface area contributed by atoms with Crippen molar-refractivity contribution >= 4 is 35.0 Å². The molecule has 0 saturated carbocycles. The van der Waals surface area contributed by atoms with Crippen molar-refractivity contribution < 1.29 is 14.7 Å². The molecule has 4 nitrogen and oxygen atoms in total. The molecule has 23 heavy (non-hydrogen) atoms. The number of hydrogen-bond donors (Lipinski definition) is 2. The van der Waals surface area contributed by atoms with Crippen LogP contribution in [0.15, 0.2) is 46.7 Å². The van der Waals surface area contributed by atoms with Gasteiger partial charge in [0.05, 0.1) is 5.56 Å². The van der Waals surface area contributed by atoms with Gasteiger partial charge in [-0.3, -0.25) is 9.59 Å². The molecule has 0 fully saturated rings. The SMILES string of the molecule is CC(Cc1cccs1)NC(=O)c1ccccc1SC(C)C(=O)O. The summed E-state index contributed by atoms with van der Waals surface area (Å²) in [4.78, 5) is 25.4. The Kier molecular flexibility index (Phi) is 6.24. The van der Waals surface area contributed by atoms with E-state index in [0.29, 0.717) is 10.5 Å². The van der Waals surface area contributed by atoms with Gasteiger partial charge in [-0.25, -0.2) is 0 Å². The predicted octanol–water partition coefficient (Wildman–Crippen LogP) is 3.67. The van der Waals surface area contributed by atoms with Gasteiger partial charge in [0.15, 0.2) is 0 Å². The van der Waals surface area contributed by atoms with Gasteiger partial charge in [-0.15, -0.1) is 23.1 Å². The Morgan fingerprint density at radius 1 is 1.22 bits per heavy atom. The van der Waals surface area contributed by atoms with Gasteiger partial charge >= 0.3 is 5.97 Å². The fraction of sp³-hybridized carbons (Fsp3) is 0.294. The molecule has 0 radical (unpaired) electrons. The Morgan fingerprint density at radius 3 is 2.61 bits per heavy atom. The first kappa shape index (κ1) is 17.6. The van der Waals surface area contributed by atoms with Crippen LogP contribution in [0.1, 0.15) is 29.1 Å². The van der Waals surface area contributed by atoms with E-state index in [-0.39, 0.29) is 11.9 Å². The van der Waals surface area contributed by atoms with Crippen molar-refractivity contribution in [3.8, 4) is 0 Å². The van der Waals surface area contributed by atoms with Crippen LogP contribution in [0, 0.1) is 0 Å². The third kappa shape index (κ3) is 5.11. The van der Waals surface area contributed by atoms with Crippen molar-refractivity contribution in [2.24, 2.45) is 0 Å². The maximum atomic E-state index is 12.5. The highest BCUT2D eigenvalue weighted by Gasteiger charge is 2.18. The minimum atomic E-state index is -0.892. The van der Waals surface area contributed by atoms with Crippen molar-refractivity contribution in [1.29, 1.82) is 0 Å². The summed E-state index contributed by atoms with van der Waals surface area (Å²) < 4.78 is 0. The molecule has 0 spiro atoms. The van der Waals surface area contributed by atoms with Gasteiger partial charge in [0.25, 0.3) is 5.91 Å². The highest BCUT2D eigenvalue weighted by Crippen LogP contribution is 2.27. The topological polar surface area (TPSA) is 66.4 Å². The average Bonchev–Trinajstić information content (AvgIpc) is 3.00. The van der Waals surface area contributed by atoms with E-state index in [2.05, 4.69) is 5.32 Å². The first-order chi connectivity index (χ1) is 11.0. The molecule has 6 heteroatoms. The van der Waals surface area contributed by atoms with Crippen LogP contribution in [-0.2, 0) is 11.2 Å². The fourth-order valence-corrected chi connectivity index (χ4v) is 3.84. The molecule has 0 saturated heterocycles. The molecule has 1 aromatic carbocycles. The second-order valence-corrected chi connectivity index (χ2v) is 7.67. The lowest BCUT2D eigenvalue weighted by atomic mass is 10.1. The minimum absolute atomic E-state index is 0.0103. The number of amides is 1. The first-order valence-corrected chi connectivity index (χ1v) is 9.05. The number of nitrogens with one attached hydrogen (secondary N) is 1. The highest BCUT2D eigenvalue weighted by atomic mass is 32.2. The minimum Gasteiger partial charge on any atom is -0.480 e. The zero-order valence-corrected chi connectivity index (χ0v) is 14.6. The first-order valence-electron chi connectivity index (χ1n) is 7.29. The summed E-state index contributed by atoms with van der Waals surface area (Å²) in [6.45, 7) is 3.58. The molecule has 0 aliphatic carbocycles. The maximum absolute atomic E-state index is 12.5. The van der Waals surface area contributed by atoms with Gasteiger partial charge in [-0.2, -0.15) is 0 Å². The van der Waals surface area contributed by atoms with Gasteiger partial charge in [-0.05, 0) is 37.4 Å². The standard InChI is InChI=1S/C17H19NO3S2/c1-11(10-13-6-5-9-22-13)18-16(19)14-7-3-4-8-15(14)23-12(2)17(20)21/h3-9,11-12H,10H2,1-2H3,(H,18,19)(H,20,21). The van der Waals surface area contributed by atoms with Gasteiger partial charge in [-0.1, -0.05) is 18.2 Å². The lowest BCUT2D eigenvalue weighted by Crippen LogP contribution is -2.34. The number of aliphatic carboxylic acids is 1. The van der Waals surface area contributed by atoms with Crippen LogP contribution in [0.4, 0.5) is 0 Å². The number of carboxylic acid groups (broad SMARTS) is 1. The average molecular weight is 349 g/mol. The second-order valence-electron chi connectivity index (χ2n) is 5.25. The van der Waals surface area contributed by atoms with Crippen LogP contribution in [0.3, 0.4) is 0 Å². The monoisotopic (exact) mass is 349 g/mol. The van der Waals surface area contributed by atoms with E-state index in [0.717, 1.165) is 6.42 Å². The van der Waals surface area contributed by atoms with Gasteiger partial charge in [0, 0.05) is 22.2 Å². The van der Waals surface area contributed by atoms with Crippen LogP contribution in [0.5, 0.6) is 0 Å². The van der Waals surface area contributed by atoms with Gasteiger partial charge < -0.3 is 10.4 Å². The molecule has 2 rings (SSSR count). The molecule has 1 aromatic heterocycles. The van der Waals surface area contributed by atoms with Crippen molar-refractivity contribution in [3.05, 3.63) is 52.2 Å². The zero-order valence-electron chi connectivity index (χ0n) is 13.0. The Morgan fingerprint density at radius 2 is 1.96 bits per heavy atom. The summed E-state index contributed by atoms with van der Waals surface area (Å²) in [5.41, 5.74) is 0.517. The van der Waals surface area contributed by atoms with Crippen LogP contribution in [0.25, 0.3) is 0 Å². The smallest absolute Gasteiger partial charge is 0.316 e. The summed E-state index contributed by atoms with van der Waals surface area (Å²) in [5.74, 6) is -1.06. The number of benzene rings is 1. The van der Waals surface area contributed by atoms with E-state index in [9.17, 15) is 9.59 Å². The summed E-state index contributed by atoms with van der Waals surface area (Å²) in [5, 5.41) is 13.4. The molecule has 0 aliphatic rings. The second kappa shape index (κ2) is 8.17. The number of carbonyl (C=O) groups excluding carboxylic acids is 1. The number of hydrogen-bond acceptors (Lipinski definition) is 4. The molecular formula is C17H19NO3S2. The van der Waals surface area contributed by atoms with Crippen molar-refractivity contribution in [2.45, 2.75) is 36.5 Å². The third-order valence-electron chi connectivity index (χ3n) is 3.25. The van der Waals surface area contributed by atoms with E-state index >= 15 is 0 Å². The van der Waals surface area contributed by atoms with E-state index in [1.54, 1.807) is 36.5 Å². The molecule has 1 heterocycles. The maximum Gasteiger partial charge on any atom is 0.316 e.